The summed E-state index contributed by atoms with van der Waals surface area (Å²) in [6, 6.07) is 12.9. The molecule has 1 amide bonds. The summed E-state index contributed by atoms with van der Waals surface area (Å²) in [6.45, 7) is 5.13. The molecule has 10 nitrogen and oxygen atoms in total. The number of halogens is 3. The van der Waals surface area contributed by atoms with Gasteiger partial charge in [0.25, 0.3) is 5.91 Å². The number of fused-ring (bicyclic) bond motifs is 1. The number of carbonyl (C=O) groups is 1. The van der Waals surface area contributed by atoms with Crippen molar-refractivity contribution in [2.45, 2.75) is 26.6 Å². The number of hydrogen-bond acceptors (Lipinski definition) is 7. The van der Waals surface area contributed by atoms with Crippen LogP contribution in [0.15, 0.2) is 67.1 Å². The summed E-state index contributed by atoms with van der Waals surface area (Å²) in [5.41, 5.74) is 0.251. The van der Waals surface area contributed by atoms with Crippen LogP contribution >= 0.6 is 0 Å². The topological polar surface area (TPSA) is 105 Å². The SMILES string of the molecule is CCOc1ccc(Cn2cc(NC(=O)c3cnn4c(C(F)(F)F)cc(-c5ccc(OC)cc5)nc34)cn2)cc1OCC. The minimum atomic E-state index is -4.74. The Labute approximate surface area is 238 Å². The lowest BCUT2D eigenvalue weighted by Crippen LogP contribution is -2.15. The predicted octanol–water partition coefficient (Wildman–Crippen LogP) is 5.72. The number of anilines is 1. The van der Waals surface area contributed by atoms with Crippen LogP contribution in [-0.2, 0) is 12.7 Å². The minimum absolute atomic E-state index is 0.0293. The molecule has 0 aliphatic heterocycles. The normalized spacial score (nSPS) is 11.5. The van der Waals surface area contributed by atoms with Gasteiger partial charge in [-0.3, -0.25) is 9.48 Å². The van der Waals surface area contributed by atoms with E-state index in [0.29, 0.717) is 52.8 Å². The minimum Gasteiger partial charge on any atom is -0.497 e. The van der Waals surface area contributed by atoms with Gasteiger partial charge in [0.15, 0.2) is 22.8 Å². The van der Waals surface area contributed by atoms with Crippen molar-refractivity contribution >= 4 is 17.2 Å². The first-order valence-electron chi connectivity index (χ1n) is 13.0. The number of rotatable bonds is 10. The molecule has 3 heterocycles. The largest absolute Gasteiger partial charge is 0.497 e. The van der Waals surface area contributed by atoms with E-state index in [9.17, 15) is 18.0 Å². The summed E-state index contributed by atoms with van der Waals surface area (Å²) in [7, 11) is 1.49. The van der Waals surface area contributed by atoms with Gasteiger partial charge < -0.3 is 19.5 Å². The number of carbonyl (C=O) groups excluding carboxylic acids is 1. The van der Waals surface area contributed by atoms with E-state index in [-0.39, 0.29) is 16.9 Å². The van der Waals surface area contributed by atoms with Crippen LogP contribution in [0.5, 0.6) is 17.2 Å². The molecule has 0 unspecified atom stereocenters. The Bertz CT molecular complexity index is 1710. The number of amides is 1. The first kappa shape index (κ1) is 28.5. The molecule has 5 rings (SSSR count). The van der Waals surface area contributed by atoms with Crippen molar-refractivity contribution in [3.8, 4) is 28.5 Å². The van der Waals surface area contributed by atoms with Gasteiger partial charge >= 0.3 is 6.18 Å². The van der Waals surface area contributed by atoms with E-state index in [1.165, 1.54) is 13.3 Å². The summed E-state index contributed by atoms with van der Waals surface area (Å²) in [6.07, 6.45) is -0.632. The monoisotopic (exact) mass is 580 g/mol. The molecule has 0 fully saturated rings. The molecule has 0 bridgehead atoms. The standard InChI is InChI=1S/C29H27F3N6O4/c1-4-41-24-11-6-18(12-25(24)42-5-2)16-37-17-20(14-33-37)35-28(39)22-15-34-38-26(29(30,31)32)13-23(36-27(22)38)19-7-9-21(40-3)10-8-19/h6-15,17H,4-5,16H2,1-3H3,(H,35,39). The van der Waals surface area contributed by atoms with E-state index in [0.717, 1.165) is 17.8 Å². The van der Waals surface area contributed by atoms with Crippen molar-refractivity contribution in [3.05, 3.63) is 83.9 Å². The molecule has 5 aromatic rings. The third kappa shape index (κ3) is 5.99. The number of nitrogens with zero attached hydrogens (tertiary/aromatic N) is 5. The van der Waals surface area contributed by atoms with Crippen LogP contribution in [0.3, 0.4) is 0 Å². The Morgan fingerprint density at radius 2 is 1.69 bits per heavy atom. The number of methoxy groups -OCH3 is 1. The second-order valence-electron chi connectivity index (χ2n) is 9.07. The summed E-state index contributed by atoms with van der Waals surface area (Å²) >= 11 is 0. The number of nitrogens with one attached hydrogen (secondary N) is 1. The van der Waals surface area contributed by atoms with Gasteiger partial charge in [-0.15, -0.1) is 0 Å². The molecular weight excluding hydrogens is 553 g/mol. The highest BCUT2D eigenvalue weighted by molar-refractivity contribution is 6.08. The van der Waals surface area contributed by atoms with Crippen LogP contribution in [-0.4, -0.2) is 50.6 Å². The second-order valence-corrected chi connectivity index (χ2v) is 9.07. The van der Waals surface area contributed by atoms with Crippen LogP contribution in [0.4, 0.5) is 18.9 Å². The molecule has 0 radical (unpaired) electrons. The van der Waals surface area contributed by atoms with Gasteiger partial charge in [0.05, 0.1) is 50.6 Å². The zero-order valence-corrected chi connectivity index (χ0v) is 23.0. The maximum absolute atomic E-state index is 14.0. The number of aromatic nitrogens is 5. The Hall–Kier alpha value is -5.07. The molecule has 218 valence electrons. The van der Waals surface area contributed by atoms with Gasteiger partial charge in [-0.1, -0.05) is 6.07 Å². The van der Waals surface area contributed by atoms with Gasteiger partial charge in [-0.25, -0.2) is 9.50 Å². The zero-order valence-electron chi connectivity index (χ0n) is 23.0. The van der Waals surface area contributed by atoms with E-state index in [2.05, 4.69) is 20.5 Å². The van der Waals surface area contributed by atoms with Crippen LogP contribution < -0.4 is 19.5 Å². The molecule has 2 aromatic carbocycles. The molecule has 0 atom stereocenters. The molecule has 42 heavy (non-hydrogen) atoms. The maximum atomic E-state index is 14.0. The fourth-order valence-electron chi connectivity index (χ4n) is 4.33. The smallest absolute Gasteiger partial charge is 0.433 e. The molecule has 0 aliphatic rings. The van der Waals surface area contributed by atoms with Crippen molar-refractivity contribution in [1.29, 1.82) is 0 Å². The predicted molar refractivity (Wildman–Crippen MR) is 148 cm³/mol. The highest BCUT2D eigenvalue weighted by Gasteiger charge is 2.36. The highest BCUT2D eigenvalue weighted by Crippen LogP contribution is 2.33. The van der Waals surface area contributed by atoms with Crippen molar-refractivity contribution in [3.63, 3.8) is 0 Å². The Kier molecular flexibility index (Phi) is 8.00. The second kappa shape index (κ2) is 11.8. The summed E-state index contributed by atoms with van der Waals surface area (Å²) in [5, 5.41) is 10.8. The number of alkyl halides is 3. The third-order valence-corrected chi connectivity index (χ3v) is 6.24. The summed E-state index contributed by atoms with van der Waals surface area (Å²) in [4.78, 5) is 17.6. The number of benzene rings is 2. The first-order valence-corrected chi connectivity index (χ1v) is 13.0. The van der Waals surface area contributed by atoms with Gasteiger partial charge in [0, 0.05) is 11.8 Å². The Balaban J connectivity index is 1.40. The van der Waals surface area contributed by atoms with Gasteiger partial charge in [-0.2, -0.15) is 23.4 Å². The molecule has 13 heteroatoms. The van der Waals surface area contributed by atoms with Gasteiger partial charge in [0.2, 0.25) is 0 Å². The third-order valence-electron chi connectivity index (χ3n) is 6.24. The quantitative estimate of drug-likeness (QED) is 0.225. The molecule has 0 spiro atoms. The summed E-state index contributed by atoms with van der Waals surface area (Å²) < 4.78 is 60.5. The Morgan fingerprint density at radius 3 is 2.38 bits per heavy atom. The maximum Gasteiger partial charge on any atom is 0.433 e. The number of ether oxygens (including phenoxy) is 3. The molecule has 3 aromatic heterocycles. The van der Waals surface area contributed by atoms with E-state index in [1.807, 2.05) is 32.0 Å². The number of hydrogen-bond donors (Lipinski definition) is 1. The van der Waals surface area contributed by atoms with Gasteiger partial charge in [0.1, 0.15) is 11.3 Å². The van der Waals surface area contributed by atoms with E-state index in [1.54, 1.807) is 35.1 Å². The fourth-order valence-corrected chi connectivity index (χ4v) is 4.33. The van der Waals surface area contributed by atoms with Crippen molar-refractivity contribution in [2.24, 2.45) is 0 Å². The lowest BCUT2D eigenvalue weighted by atomic mass is 10.1. The lowest BCUT2D eigenvalue weighted by Gasteiger charge is -2.12. The average Bonchev–Trinajstić information content (AvgIpc) is 3.60. The van der Waals surface area contributed by atoms with Crippen LogP contribution in [0.25, 0.3) is 16.9 Å². The average molecular weight is 581 g/mol. The van der Waals surface area contributed by atoms with E-state index >= 15 is 0 Å². The molecule has 0 aliphatic carbocycles. The van der Waals surface area contributed by atoms with Crippen molar-refractivity contribution in [2.75, 3.05) is 25.6 Å². The van der Waals surface area contributed by atoms with Crippen LogP contribution in [0.1, 0.15) is 35.5 Å². The first-order chi connectivity index (χ1) is 20.2. The van der Waals surface area contributed by atoms with E-state index in [4.69, 9.17) is 14.2 Å². The highest BCUT2D eigenvalue weighted by atomic mass is 19.4. The van der Waals surface area contributed by atoms with Crippen molar-refractivity contribution in [1.82, 2.24) is 24.4 Å². The fraction of sp³-hybridized carbons (Fsp3) is 0.241. The lowest BCUT2D eigenvalue weighted by molar-refractivity contribution is -0.142. The molecule has 0 saturated heterocycles. The van der Waals surface area contributed by atoms with Gasteiger partial charge in [-0.05, 0) is 61.9 Å². The molecular formula is C29H27F3N6O4. The molecule has 0 saturated carbocycles. The van der Waals surface area contributed by atoms with Crippen molar-refractivity contribution < 1.29 is 32.2 Å². The zero-order chi connectivity index (χ0) is 29.9. The summed E-state index contributed by atoms with van der Waals surface area (Å²) in [5.74, 6) is 1.11. The Morgan fingerprint density at radius 1 is 0.952 bits per heavy atom. The van der Waals surface area contributed by atoms with Crippen LogP contribution in [0.2, 0.25) is 0 Å². The van der Waals surface area contributed by atoms with Crippen LogP contribution in [0, 0.1) is 0 Å². The van der Waals surface area contributed by atoms with E-state index < -0.39 is 17.8 Å². The molecule has 1 N–H and O–H groups in total.